The van der Waals surface area contributed by atoms with Crippen molar-refractivity contribution in [2.45, 2.75) is 327 Å². The minimum atomic E-state index is -1.91. The molecular formula is C67H116O12. The Morgan fingerprint density at radius 1 is 0.418 bits per heavy atom. The standard InChI is InChI=1S/C67H116O12/c1-4-7-10-13-16-19-22-24-26-28-30-32-34-36-39-41-44-47-50-53-59(68)75-56-58(77-60(69)54-51-48-45-42-38-21-18-15-12-9-6-3)57-76-67-65(63(72)62(71)64(79-67)66(73)74)78-61(70)55-52-49-46-43-40-37-35-33-31-29-27-25-23-20-17-14-11-8-5-2/h16-17,19-20,24-27,31,33,58,62-65,67,71-72H,4-15,18,21-23,28-30,32,34-57H2,1-3H3,(H,73,74)/b19-16-,20-17-,26-24-,27-25-,33-31-. The van der Waals surface area contributed by atoms with Crippen molar-refractivity contribution in [3.05, 3.63) is 60.8 Å². The lowest BCUT2D eigenvalue weighted by molar-refractivity contribution is -0.301. The van der Waals surface area contributed by atoms with Gasteiger partial charge in [-0.15, -0.1) is 0 Å². The minimum Gasteiger partial charge on any atom is -0.479 e. The Hall–Kier alpha value is -3.58. The summed E-state index contributed by atoms with van der Waals surface area (Å²) >= 11 is 0. The average Bonchev–Trinajstić information content (AvgIpc) is 3.43. The Labute approximate surface area is 481 Å². The molecule has 3 N–H and O–H groups in total. The summed E-state index contributed by atoms with van der Waals surface area (Å²) in [6.07, 6.45) is 56.1. The molecule has 0 bridgehead atoms. The highest BCUT2D eigenvalue weighted by Gasteiger charge is 2.50. The quantitative estimate of drug-likeness (QED) is 0.0228. The number of aliphatic hydroxyl groups is 2. The Balaban J connectivity index is 2.62. The number of aliphatic hydroxyl groups excluding tert-OH is 2. The molecule has 0 aromatic carbocycles. The zero-order valence-electron chi connectivity index (χ0n) is 50.4. The van der Waals surface area contributed by atoms with E-state index < -0.39 is 67.3 Å². The molecule has 1 heterocycles. The summed E-state index contributed by atoms with van der Waals surface area (Å²) in [4.78, 5) is 51.2. The smallest absolute Gasteiger partial charge is 0.335 e. The third kappa shape index (κ3) is 44.7. The van der Waals surface area contributed by atoms with Gasteiger partial charge >= 0.3 is 23.9 Å². The van der Waals surface area contributed by atoms with Crippen LogP contribution < -0.4 is 0 Å². The van der Waals surface area contributed by atoms with Gasteiger partial charge in [0, 0.05) is 19.3 Å². The van der Waals surface area contributed by atoms with Crippen LogP contribution >= 0.6 is 0 Å². The number of carboxylic acids is 1. The molecule has 0 amide bonds. The number of unbranched alkanes of at least 4 members (excludes halogenated alkanes) is 31. The Morgan fingerprint density at radius 3 is 1.18 bits per heavy atom. The van der Waals surface area contributed by atoms with Gasteiger partial charge < -0.3 is 39.0 Å². The molecule has 1 aliphatic heterocycles. The van der Waals surface area contributed by atoms with Crippen molar-refractivity contribution in [3.8, 4) is 0 Å². The summed E-state index contributed by atoms with van der Waals surface area (Å²) in [5, 5.41) is 31.6. The molecule has 1 rings (SSSR count). The maximum Gasteiger partial charge on any atom is 0.335 e. The second kappa shape index (κ2) is 55.0. The molecule has 79 heavy (non-hydrogen) atoms. The van der Waals surface area contributed by atoms with Gasteiger partial charge in [0.05, 0.1) is 6.61 Å². The molecule has 0 aliphatic carbocycles. The molecule has 6 unspecified atom stereocenters. The lowest BCUT2D eigenvalue weighted by Crippen LogP contribution is -2.61. The van der Waals surface area contributed by atoms with Crippen LogP contribution in [0.2, 0.25) is 0 Å². The zero-order chi connectivity index (χ0) is 57.5. The average molecular weight is 1110 g/mol. The number of aliphatic carboxylic acids is 1. The summed E-state index contributed by atoms with van der Waals surface area (Å²) in [5.74, 6) is -3.12. The van der Waals surface area contributed by atoms with Crippen LogP contribution in [0.15, 0.2) is 60.8 Å². The van der Waals surface area contributed by atoms with Crippen LogP contribution in [0.3, 0.4) is 0 Å². The summed E-state index contributed by atoms with van der Waals surface area (Å²) in [6, 6.07) is 0. The van der Waals surface area contributed by atoms with Crippen molar-refractivity contribution in [2.75, 3.05) is 13.2 Å². The van der Waals surface area contributed by atoms with Gasteiger partial charge in [-0.05, 0) is 89.9 Å². The van der Waals surface area contributed by atoms with Crippen LogP contribution in [0, 0.1) is 0 Å². The number of allylic oxidation sites excluding steroid dienone is 10. The SMILES string of the molecule is CCCCC/C=C\C/C=C\C/C=C\CCCCCCCCC(=O)OC1C(OCC(COC(=O)CCCCCCCCCCC/C=C\C/C=C\CCCCC)OC(=O)CCCCCCCCCCCCC)OC(C(=O)O)C(O)C1O. The number of ether oxygens (including phenoxy) is 5. The Morgan fingerprint density at radius 2 is 0.759 bits per heavy atom. The van der Waals surface area contributed by atoms with E-state index in [4.69, 9.17) is 23.7 Å². The predicted molar refractivity (Wildman–Crippen MR) is 322 cm³/mol. The molecule has 12 heteroatoms. The minimum absolute atomic E-state index is 0.0464. The van der Waals surface area contributed by atoms with Crippen LogP contribution in [0.5, 0.6) is 0 Å². The highest BCUT2D eigenvalue weighted by Crippen LogP contribution is 2.27. The summed E-state index contributed by atoms with van der Waals surface area (Å²) < 4.78 is 28.5. The highest BCUT2D eigenvalue weighted by molar-refractivity contribution is 5.74. The van der Waals surface area contributed by atoms with Gasteiger partial charge in [-0.1, -0.05) is 242 Å². The first-order valence-corrected chi connectivity index (χ1v) is 32.3. The number of carbonyl (C=O) groups excluding carboxylic acids is 3. The number of carboxylic acid groups (broad SMARTS) is 1. The van der Waals surface area contributed by atoms with E-state index in [1.54, 1.807) is 0 Å². The van der Waals surface area contributed by atoms with Gasteiger partial charge in [-0.2, -0.15) is 0 Å². The lowest BCUT2D eigenvalue weighted by atomic mass is 9.98. The largest absolute Gasteiger partial charge is 0.479 e. The normalized spacial score (nSPS) is 18.2. The van der Waals surface area contributed by atoms with Crippen molar-refractivity contribution in [3.63, 3.8) is 0 Å². The molecule has 1 aliphatic rings. The fourth-order valence-corrected chi connectivity index (χ4v) is 9.58. The van der Waals surface area contributed by atoms with Crippen LogP contribution in [-0.2, 0) is 42.9 Å². The summed E-state index contributed by atoms with van der Waals surface area (Å²) in [6.45, 7) is 5.95. The second-order valence-electron chi connectivity index (χ2n) is 22.0. The van der Waals surface area contributed by atoms with E-state index in [-0.39, 0.29) is 25.9 Å². The lowest BCUT2D eigenvalue weighted by Gasteiger charge is -2.40. The number of carbonyl (C=O) groups is 4. The summed E-state index contributed by atoms with van der Waals surface area (Å²) in [7, 11) is 0. The summed E-state index contributed by atoms with van der Waals surface area (Å²) in [5.41, 5.74) is 0. The number of esters is 3. The first-order chi connectivity index (χ1) is 38.6. The van der Waals surface area contributed by atoms with Gasteiger partial charge in [0.2, 0.25) is 0 Å². The van der Waals surface area contributed by atoms with Gasteiger partial charge in [0.15, 0.2) is 24.6 Å². The molecule has 0 saturated carbocycles. The van der Waals surface area contributed by atoms with E-state index in [1.165, 1.54) is 128 Å². The maximum atomic E-state index is 13.1. The zero-order valence-corrected chi connectivity index (χ0v) is 50.4. The molecule has 0 radical (unpaired) electrons. The highest BCUT2D eigenvalue weighted by atomic mass is 16.7. The van der Waals surface area contributed by atoms with Gasteiger partial charge in [0.1, 0.15) is 18.8 Å². The van der Waals surface area contributed by atoms with E-state index >= 15 is 0 Å². The van der Waals surface area contributed by atoms with Crippen molar-refractivity contribution in [1.82, 2.24) is 0 Å². The molecule has 6 atom stereocenters. The van der Waals surface area contributed by atoms with Crippen molar-refractivity contribution < 1.29 is 58.2 Å². The van der Waals surface area contributed by atoms with Crippen LogP contribution in [0.25, 0.3) is 0 Å². The van der Waals surface area contributed by atoms with E-state index in [2.05, 4.69) is 81.5 Å². The Kier molecular flexibility index (Phi) is 51.1. The fraction of sp³-hybridized carbons (Fsp3) is 0.791. The topological polar surface area (TPSA) is 175 Å². The van der Waals surface area contributed by atoms with Crippen LogP contribution in [0.1, 0.15) is 290 Å². The second-order valence-corrected chi connectivity index (χ2v) is 22.0. The maximum absolute atomic E-state index is 13.1. The van der Waals surface area contributed by atoms with Gasteiger partial charge in [0.25, 0.3) is 0 Å². The molecule has 12 nitrogen and oxygen atoms in total. The van der Waals surface area contributed by atoms with Crippen molar-refractivity contribution in [2.24, 2.45) is 0 Å². The Bertz CT molecular complexity index is 1600. The van der Waals surface area contributed by atoms with Gasteiger partial charge in [-0.25, -0.2) is 4.79 Å². The molecule has 0 aromatic rings. The number of hydrogen-bond acceptors (Lipinski definition) is 11. The number of rotatable bonds is 55. The molecule has 456 valence electrons. The van der Waals surface area contributed by atoms with E-state index in [0.29, 0.717) is 19.3 Å². The fourth-order valence-electron chi connectivity index (χ4n) is 9.58. The van der Waals surface area contributed by atoms with Crippen molar-refractivity contribution >= 4 is 23.9 Å². The first kappa shape index (κ1) is 73.4. The third-order valence-electron chi connectivity index (χ3n) is 14.6. The van der Waals surface area contributed by atoms with Crippen LogP contribution in [-0.4, -0.2) is 89.2 Å². The van der Waals surface area contributed by atoms with E-state index in [0.717, 1.165) is 103 Å². The molecule has 0 aromatic heterocycles. The third-order valence-corrected chi connectivity index (χ3v) is 14.6. The van der Waals surface area contributed by atoms with Gasteiger partial charge in [-0.3, -0.25) is 14.4 Å². The van der Waals surface area contributed by atoms with Crippen molar-refractivity contribution in [1.29, 1.82) is 0 Å². The molecule has 1 saturated heterocycles. The van der Waals surface area contributed by atoms with Crippen LogP contribution in [0.4, 0.5) is 0 Å². The predicted octanol–water partition coefficient (Wildman–Crippen LogP) is 17.1. The monoisotopic (exact) mass is 1110 g/mol. The molecule has 0 spiro atoms. The van der Waals surface area contributed by atoms with E-state index in [9.17, 15) is 34.5 Å². The van der Waals surface area contributed by atoms with E-state index in [1.807, 2.05) is 0 Å². The first-order valence-electron chi connectivity index (χ1n) is 32.3. The number of hydrogen-bond donors (Lipinski definition) is 3. The molecular weight excluding hydrogens is 997 g/mol. The molecule has 1 fully saturated rings.